The van der Waals surface area contributed by atoms with E-state index in [4.69, 9.17) is 4.74 Å². The summed E-state index contributed by atoms with van der Waals surface area (Å²) >= 11 is 0. The van der Waals surface area contributed by atoms with Crippen molar-refractivity contribution in [3.63, 3.8) is 0 Å². The zero-order valence-corrected chi connectivity index (χ0v) is 10.4. The van der Waals surface area contributed by atoms with Crippen LogP contribution in [0.25, 0.3) is 0 Å². The Bertz CT molecular complexity index is 560. The Labute approximate surface area is 107 Å². The van der Waals surface area contributed by atoms with E-state index in [1.165, 1.54) is 24.7 Å². The molecule has 2 heteroatoms. The van der Waals surface area contributed by atoms with Crippen molar-refractivity contribution in [1.29, 1.82) is 0 Å². The van der Waals surface area contributed by atoms with Crippen molar-refractivity contribution in [1.82, 2.24) is 0 Å². The van der Waals surface area contributed by atoms with Crippen molar-refractivity contribution >= 4 is 5.97 Å². The highest BCUT2D eigenvalue weighted by molar-refractivity contribution is 5.78. The lowest BCUT2D eigenvalue weighted by molar-refractivity contribution is -0.164. The van der Waals surface area contributed by atoms with Crippen LogP contribution in [-0.4, -0.2) is 13.1 Å². The molecular formula is C16H16O2. The van der Waals surface area contributed by atoms with Gasteiger partial charge in [-0.3, -0.25) is 4.79 Å². The highest BCUT2D eigenvalue weighted by atomic mass is 16.5. The molecule has 0 aromatic heterocycles. The monoisotopic (exact) mass is 240 g/mol. The lowest BCUT2D eigenvalue weighted by Crippen LogP contribution is -2.62. The molecule has 1 saturated carbocycles. The minimum absolute atomic E-state index is 0.0401. The van der Waals surface area contributed by atoms with Crippen LogP contribution >= 0.6 is 0 Å². The van der Waals surface area contributed by atoms with Gasteiger partial charge in [0.05, 0.1) is 13.0 Å². The quantitative estimate of drug-likeness (QED) is 0.557. The van der Waals surface area contributed by atoms with Crippen LogP contribution in [0.5, 0.6) is 0 Å². The Morgan fingerprint density at radius 3 is 2.94 bits per heavy atom. The first-order chi connectivity index (χ1) is 8.78. The van der Waals surface area contributed by atoms with Crippen LogP contribution in [0, 0.1) is 17.3 Å². The number of aryl methyl sites for hydroxylation is 1. The predicted molar refractivity (Wildman–Crippen MR) is 68.1 cm³/mol. The van der Waals surface area contributed by atoms with Gasteiger partial charge >= 0.3 is 5.97 Å². The van der Waals surface area contributed by atoms with E-state index in [-0.39, 0.29) is 17.3 Å². The number of ether oxygens (including phenoxy) is 1. The number of benzene rings is 1. The lowest BCUT2D eigenvalue weighted by Gasteiger charge is -2.65. The van der Waals surface area contributed by atoms with Gasteiger partial charge in [0.1, 0.15) is 0 Å². The first kappa shape index (κ1) is 10.4. The number of carbonyl (C=O) groups is 1. The van der Waals surface area contributed by atoms with E-state index in [0.717, 1.165) is 6.42 Å². The molecule has 1 aromatic carbocycles. The van der Waals surface area contributed by atoms with Crippen molar-refractivity contribution < 1.29 is 9.53 Å². The van der Waals surface area contributed by atoms with E-state index >= 15 is 0 Å². The molecule has 1 unspecified atom stereocenters. The van der Waals surface area contributed by atoms with Gasteiger partial charge in [0.15, 0.2) is 0 Å². The lowest BCUT2D eigenvalue weighted by atomic mass is 9.37. The Balaban J connectivity index is 1.82. The fraction of sp³-hybridized carbons (Fsp3) is 0.438. The number of hydrogen-bond acceptors (Lipinski definition) is 2. The van der Waals surface area contributed by atoms with Crippen LogP contribution in [0.15, 0.2) is 36.4 Å². The predicted octanol–water partition coefficient (Wildman–Crippen LogP) is 2.69. The van der Waals surface area contributed by atoms with Gasteiger partial charge < -0.3 is 4.74 Å². The maximum atomic E-state index is 12.0. The van der Waals surface area contributed by atoms with E-state index in [1.807, 2.05) is 0 Å². The van der Waals surface area contributed by atoms with Gasteiger partial charge in [-0.25, -0.2) is 0 Å². The molecule has 18 heavy (non-hydrogen) atoms. The molecule has 3 aliphatic rings. The first-order valence-electron chi connectivity index (χ1n) is 6.63. The van der Waals surface area contributed by atoms with Crippen molar-refractivity contribution in [2.45, 2.75) is 18.8 Å². The molecule has 4 rings (SSSR count). The van der Waals surface area contributed by atoms with Gasteiger partial charge in [0.2, 0.25) is 0 Å². The second-order valence-corrected chi connectivity index (χ2v) is 5.72. The SMILES string of the molecule is COC(=O)[C@@H]1[C@@H]2C=CC23CCc2ccccc2[C@@H]13. The molecule has 2 nitrogen and oxygen atoms in total. The molecular weight excluding hydrogens is 224 g/mol. The molecule has 0 amide bonds. The van der Waals surface area contributed by atoms with E-state index in [2.05, 4.69) is 36.4 Å². The Kier molecular flexibility index (Phi) is 1.87. The first-order valence-corrected chi connectivity index (χ1v) is 6.63. The van der Waals surface area contributed by atoms with Gasteiger partial charge in [0.25, 0.3) is 0 Å². The topological polar surface area (TPSA) is 26.3 Å². The molecule has 1 spiro atoms. The third kappa shape index (κ3) is 0.984. The average Bonchev–Trinajstić information content (AvgIpc) is 2.41. The smallest absolute Gasteiger partial charge is 0.309 e. The molecule has 0 saturated heterocycles. The Morgan fingerprint density at radius 2 is 2.22 bits per heavy atom. The summed E-state index contributed by atoms with van der Waals surface area (Å²) in [5.74, 6) is 0.774. The summed E-state index contributed by atoms with van der Waals surface area (Å²) in [6.45, 7) is 0. The van der Waals surface area contributed by atoms with Crippen molar-refractivity contribution in [2.75, 3.05) is 7.11 Å². The van der Waals surface area contributed by atoms with Gasteiger partial charge in [0, 0.05) is 17.3 Å². The number of fused-ring (bicyclic) bond motifs is 2. The molecule has 1 aromatic rings. The second kappa shape index (κ2) is 3.25. The second-order valence-electron chi connectivity index (χ2n) is 5.72. The number of hydrogen-bond donors (Lipinski definition) is 0. The molecule has 3 aliphatic carbocycles. The third-order valence-electron chi connectivity index (χ3n) is 5.25. The number of esters is 1. The van der Waals surface area contributed by atoms with Crippen molar-refractivity contribution in [2.24, 2.45) is 17.3 Å². The van der Waals surface area contributed by atoms with Crippen LogP contribution in [-0.2, 0) is 16.0 Å². The molecule has 0 aliphatic heterocycles. The van der Waals surface area contributed by atoms with Gasteiger partial charge in [-0.1, -0.05) is 36.4 Å². The zero-order chi connectivity index (χ0) is 12.3. The number of carbonyl (C=O) groups excluding carboxylic acids is 1. The summed E-state index contributed by atoms with van der Waals surface area (Å²) in [5, 5.41) is 0. The average molecular weight is 240 g/mol. The van der Waals surface area contributed by atoms with Crippen molar-refractivity contribution in [3.8, 4) is 0 Å². The van der Waals surface area contributed by atoms with Crippen LogP contribution in [0.2, 0.25) is 0 Å². The molecule has 0 heterocycles. The maximum absolute atomic E-state index is 12.0. The third-order valence-corrected chi connectivity index (χ3v) is 5.25. The van der Waals surface area contributed by atoms with E-state index < -0.39 is 0 Å². The molecule has 92 valence electrons. The van der Waals surface area contributed by atoms with Crippen molar-refractivity contribution in [3.05, 3.63) is 47.5 Å². The number of allylic oxidation sites excluding steroid dienone is 2. The zero-order valence-electron chi connectivity index (χ0n) is 10.4. The largest absolute Gasteiger partial charge is 0.469 e. The molecule has 0 N–H and O–H groups in total. The summed E-state index contributed by atoms with van der Waals surface area (Å²) in [7, 11) is 1.50. The normalized spacial score (nSPS) is 38.6. The number of methoxy groups -OCH3 is 1. The Hall–Kier alpha value is -1.57. The summed E-state index contributed by atoms with van der Waals surface area (Å²) in [4.78, 5) is 12.0. The van der Waals surface area contributed by atoms with E-state index in [0.29, 0.717) is 11.8 Å². The number of rotatable bonds is 1. The fourth-order valence-corrected chi connectivity index (χ4v) is 4.37. The van der Waals surface area contributed by atoms with Crippen LogP contribution in [0.1, 0.15) is 23.5 Å². The summed E-state index contributed by atoms with van der Waals surface area (Å²) < 4.78 is 4.99. The molecule has 0 radical (unpaired) electrons. The fourth-order valence-electron chi connectivity index (χ4n) is 4.37. The van der Waals surface area contributed by atoms with Gasteiger partial charge in [-0.15, -0.1) is 0 Å². The minimum Gasteiger partial charge on any atom is -0.469 e. The van der Waals surface area contributed by atoms with Crippen LogP contribution in [0.3, 0.4) is 0 Å². The highest BCUT2D eigenvalue weighted by Gasteiger charge is 2.67. The standard InChI is InChI=1S/C16H16O2/c1-18-15(17)13-12-7-9-16(12)8-6-10-4-2-3-5-11(10)14(13)16/h2-5,7,9,12-14H,6,8H2,1H3/t12-,13+,14-,16?/m0/s1. The molecule has 1 fully saturated rings. The molecule has 4 atom stereocenters. The summed E-state index contributed by atoms with van der Waals surface area (Å²) in [6, 6.07) is 8.57. The van der Waals surface area contributed by atoms with Gasteiger partial charge in [-0.05, 0) is 24.0 Å². The minimum atomic E-state index is -0.0401. The van der Waals surface area contributed by atoms with E-state index in [9.17, 15) is 4.79 Å². The summed E-state index contributed by atoms with van der Waals surface area (Å²) in [6.07, 6.45) is 6.86. The van der Waals surface area contributed by atoms with Crippen LogP contribution < -0.4 is 0 Å². The highest BCUT2D eigenvalue weighted by Crippen LogP contribution is 2.71. The molecule has 0 bridgehead atoms. The Morgan fingerprint density at radius 1 is 1.39 bits per heavy atom. The van der Waals surface area contributed by atoms with E-state index in [1.54, 1.807) is 0 Å². The van der Waals surface area contributed by atoms with Crippen LogP contribution in [0.4, 0.5) is 0 Å². The van der Waals surface area contributed by atoms with Gasteiger partial charge in [-0.2, -0.15) is 0 Å². The summed E-state index contributed by atoms with van der Waals surface area (Å²) in [5.41, 5.74) is 3.06. The maximum Gasteiger partial charge on any atom is 0.309 e.